The summed E-state index contributed by atoms with van der Waals surface area (Å²) < 4.78 is 0. The van der Waals surface area contributed by atoms with Gasteiger partial charge in [-0.3, -0.25) is 4.79 Å². The second-order valence-corrected chi connectivity index (χ2v) is 6.48. The summed E-state index contributed by atoms with van der Waals surface area (Å²) >= 11 is 1.55. The molecular formula is C19H18N2OS. The van der Waals surface area contributed by atoms with Gasteiger partial charge in [0.25, 0.3) is 5.56 Å². The van der Waals surface area contributed by atoms with Gasteiger partial charge in [-0.25, -0.2) is 4.98 Å². The van der Waals surface area contributed by atoms with E-state index in [0.29, 0.717) is 10.9 Å². The number of aromatic amines is 1. The van der Waals surface area contributed by atoms with Crippen LogP contribution >= 0.6 is 11.8 Å². The summed E-state index contributed by atoms with van der Waals surface area (Å²) in [4.78, 5) is 19.3. The molecule has 3 nitrogen and oxygen atoms in total. The van der Waals surface area contributed by atoms with E-state index in [1.807, 2.05) is 30.3 Å². The van der Waals surface area contributed by atoms with Crippen LogP contribution in [-0.2, 0) is 5.75 Å². The second-order valence-electron chi connectivity index (χ2n) is 5.52. The minimum atomic E-state index is -0.123. The number of H-pyrrole nitrogens is 1. The third kappa shape index (κ3) is 3.90. The Morgan fingerprint density at radius 1 is 1.04 bits per heavy atom. The van der Waals surface area contributed by atoms with Crippen LogP contribution in [0.4, 0.5) is 0 Å². The molecule has 3 rings (SSSR count). The normalized spacial score (nSPS) is 10.7. The number of thioether (sulfide) groups is 1. The average molecular weight is 322 g/mol. The summed E-state index contributed by atoms with van der Waals surface area (Å²) in [6.45, 7) is 4.19. The Bertz CT molecular complexity index is 872. The van der Waals surface area contributed by atoms with Gasteiger partial charge < -0.3 is 4.98 Å². The van der Waals surface area contributed by atoms with Gasteiger partial charge in [0.15, 0.2) is 5.16 Å². The van der Waals surface area contributed by atoms with Crippen LogP contribution < -0.4 is 5.56 Å². The molecule has 1 N–H and O–H groups in total. The van der Waals surface area contributed by atoms with Crippen LogP contribution in [-0.4, -0.2) is 9.97 Å². The van der Waals surface area contributed by atoms with Gasteiger partial charge in [0.2, 0.25) is 0 Å². The van der Waals surface area contributed by atoms with Crippen molar-refractivity contribution in [3.05, 3.63) is 81.6 Å². The van der Waals surface area contributed by atoms with Crippen LogP contribution in [0.15, 0.2) is 64.5 Å². The summed E-state index contributed by atoms with van der Waals surface area (Å²) in [5, 5.41) is 0.650. The lowest BCUT2D eigenvalue weighted by molar-refractivity contribution is 0.942. The summed E-state index contributed by atoms with van der Waals surface area (Å²) in [5.41, 5.74) is 5.30. The minimum Gasteiger partial charge on any atom is -0.301 e. The molecule has 0 fully saturated rings. The van der Waals surface area contributed by atoms with Crippen molar-refractivity contribution in [1.82, 2.24) is 9.97 Å². The first kappa shape index (κ1) is 15.6. The fourth-order valence-electron chi connectivity index (χ4n) is 2.36. The van der Waals surface area contributed by atoms with Gasteiger partial charge in [0, 0.05) is 17.4 Å². The molecule has 2 aromatic carbocycles. The van der Waals surface area contributed by atoms with Gasteiger partial charge >= 0.3 is 0 Å². The van der Waals surface area contributed by atoms with Crippen LogP contribution in [0.25, 0.3) is 11.3 Å². The van der Waals surface area contributed by atoms with E-state index in [1.54, 1.807) is 11.8 Å². The Hall–Kier alpha value is -2.33. The van der Waals surface area contributed by atoms with Crippen molar-refractivity contribution in [2.45, 2.75) is 24.8 Å². The van der Waals surface area contributed by atoms with Gasteiger partial charge in [0.1, 0.15) is 0 Å². The number of nitrogens with zero attached hydrogens (tertiary/aromatic N) is 1. The summed E-state index contributed by atoms with van der Waals surface area (Å²) in [5.74, 6) is 0.786. The van der Waals surface area contributed by atoms with Crippen LogP contribution in [0.2, 0.25) is 0 Å². The van der Waals surface area contributed by atoms with E-state index in [4.69, 9.17) is 0 Å². The molecule has 0 amide bonds. The van der Waals surface area contributed by atoms with Crippen molar-refractivity contribution in [2.75, 3.05) is 0 Å². The van der Waals surface area contributed by atoms with E-state index in [-0.39, 0.29) is 5.56 Å². The largest absolute Gasteiger partial charge is 0.301 e. The molecule has 1 heterocycles. The van der Waals surface area contributed by atoms with Crippen molar-refractivity contribution in [2.24, 2.45) is 0 Å². The first-order valence-electron chi connectivity index (χ1n) is 7.47. The number of hydrogen-bond acceptors (Lipinski definition) is 3. The number of benzene rings is 2. The summed E-state index contributed by atoms with van der Waals surface area (Å²) in [6.07, 6.45) is 0. The van der Waals surface area contributed by atoms with E-state index < -0.39 is 0 Å². The fourth-order valence-corrected chi connectivity index (χ4v) is 3.30. The SMILES string of the molecule is Cc1ccc(C)c(CSc2nc(-c3ccccc3)cc(=O)[nH]2)c1. The third-order valence-corrected chi connectivity index (χ3v) is 4.58. The Kier molecular flexibility index (Phi) is 4.63. The standard InChI is InChI=1S/C19H18N2OS/c1-13-8-9-14(2)16(10-13)12-23-19-20-17(11-18(22)21-19)15-6-4-3-5-7-15/h3-11H,12H2,1-2H3,(H,20,21,22). The highest BCUT2D eigenvalue weighted by atomic mass is 32.2. The number of aryl methyl sites for hydroxylation is 2. The van der Waals surface area contributed by atoms with E-state index in [1.165, 1.54) is 22.8 Å². The molecule has 0 bridgehead atoms. The smallest absolute Gasteiger partial charge is 0.252 e. The molecule has 0 spiro atoms. The highest BCUT2D eigenvalue weighted by molar-refractivity contribution is 7.98. The molecule has 0 unspecified atom stereocenters. The monoisotopic (exact) mass is 322 g/mol. The topological polar surface area (TPSA) is 45.8 Å². The zero-order valence-electron chi connectivity index (χ0n) is 13.2. The molecule has 0 atom stereocenters. The van der Waals surface area contributed by atoms with Crippen molar-refractivity contribution in [3.8, 4) is 11.3 Å². The molecule has 0 aliphatic carbocycles. The highest BCUT2D eigenvalue weighted by Crippen LogP contribution is 2.23. The molecule has 0 saturated carbocycles. The van der Waals surface area contributed by atoms with Gasteiger partial charge in [0.05, 0.1) is 5.69 Å². The summed E-state index contributed by atoms with van der Waals surface area (Å²) in [6, 6.07) is 17.7. The molecule has 0 aliphatic rings. The van der Waals surface area contributed by atoms with Gasteiger partial charge in [-0.1, -0.05) is 65.9 Å². The predicted molar refractivity (Wildman–Crippen MR) is 95.8 cm³/mol. The Morgan fingerprint density at radius 3 is 2.61 bits per heavy atom. The van der Waals surface area contributed by atoms with Crippen molar-refractivity contribution >= 4 is 11.8 Å². The van der Waals surface area contributed by atoms with Crippen LogP contribution in [0, 0.1) is 13.8 Å². The van der Waals surface area contributed by atoms with Crippen molar-refractivity contribution < 1.29 is 0 Å². The first-order chi connectivity index (χ1) is 11.1. The maximum Gasteiger partial charge on any atom is 0.252 e. The molecule has 23 heavy (non-hydrogen) atoms. The van der Waals surface area contributed by atoms with E-state index in [2.05, 4.69) is 42.0 Å². The lowest BCUT2D eigenvalue weighted by Crippen LogP contribution is -2.08. The van der Waals surface area contributed by atoms with Crippen LogP contribution in [0.1, 0.15) is 16.7 Å². The Balaban J connectivity index is 1.85. The molecule has 0 saturated heterocycles. The maximum atomic E-state index is 11.9. The minimum absolute atomic E-state index is 0.123. The van der Waals surface area contributed by atoms with Crippen molar-refractivity contribution in [3.63, 3.8) is 0 Å². The number of hydrogen-bond donors (Lipinski definition) is 1. The molecular weight excluding hydrogens is 304 g/mol. The van der Waals surface area contributed by atoms with Gasteiger partial charge in [-0.15, -0.1) is 0 Å². The highest BCUT2D eigenvalue weighted by Gasteiger charge is 2.06. The maximum absolute atomic E-state index is 11.9. The third-order valence-electron chi connectivity index (χ3n) is 3.66. The quantitative estimate of drug-likeness (QED) is 0.574. The molecule has 116 valence electrons. The lowest BCUT2D eigenvalue weighted by atomic mass is 10.1. The molecule has 0 aliphatic heterocycles. The molecule has 1 aromatic heterocycles. The lowest BCUT2D eigenvalue weighted by Gasteiger charge is -2.07. The Labute approximate surface area is 139 Å². The number of nitrogens with one attached hydrogen (secondary N) is 1. The van der Waals surface area contributed by atoms with Crippen LogP contribution in [0.5, 0.6) is 0 Å². The Morgan fingerprint density at radius 2 is 1.83 bits per heavy atom. The first-order valence-corrected chi connectivity index (χ1v) is 8.46. The van der Waals surface area contributed by atoms with Crippen LogP contribution in [0.3, 0.4) is 0 Å². The zero-order valence-corrected chi connectivity index (χ0v) is 14.0. The number of aromatic nitrogens is 2. The summed E-state index contributed by atoms with van der Waals surface area (Å²) in [7, 11) is 0. The van der Waals surface area contributed by atoms with E-state index >= 15 is 0 Å². The van der Waals surface area contributed by atoms with Gasteiger partial charge in [-0.05, 0) is 25.0 Å². The second kappa shape index (κ2) is 6.84. The van der Waals surface area contributed by atoms with E-state index in [9.17, 15) is 4.79 Å². The van der Waals surface area contributed by atoms with Gasteiger partial charge in [-0.2, -0.15) is 0 Å². The number of rotatable bonds is 4. The molecule has 3 aromatic rings. The van der Waals surface area contributed by atoms with E-state index in [0.717, 1.165) is 11.3 Å². The average Bonchev–Trinajstić information content (AvgIpc) is 2.56. The fraction of sp³-hybridized carbons (Fsp3) is 0.158. The zero-order chi connectivity index (χ0) is 16.2. The predicted octanol–water partition coefficient (Wildman–Crippen LogP) is 4.35. The van der Waals surface area contributed by atoms with Crippen molar-refractivity contribution in [1.29, 1.82) is 0 Å². The molecule has 4 heteroatoms. The molecule has 0 radical (unpaired) electrons.